The fourth-order valence-electron chi connectivity index (χ4n) is 3.83. The molecule has 7 heteroatoms. The molecule has 0 fully saturated rings. The maximum Gasteiger partial charge on any atom is 0.326 e. The van der Waals surface area contributed by atoms with Crippen molar-refractivity contribution in [1.29, 1.82) is 0 Å². The zero-order valence-corrected chi connectivity index (χ0v) is 15.8. The molecule has 1 amide bonds. The number of aliphatic carboxylic acids is 1. The number of nitrogens with one attached hydrogen (secondary N) is 3. The van der Waals surface area contributed by atoms with Crippen molar-refractivity contribution in [2.24, 2.45) is 0 Å². The number of pyridine rings is 1. The average Bonchev–Trinajstić information content (AvgIpc) is 3.34. The molecule has 1 atom stereocenters. The van der Waals surface area contributed by atoms with Crippen molar-refractivity contribution < 1.29 is 14.7 Å². The van der Waals surface area contributed by atoms with Crippen molar-refractivity contribution >= 4 is 44.6 Å². The Bertz CT molecular complexity index is 1420. The van der Waals surface area contributed by atoms with Crippen LogP contribution in [0.2, 0.25) is 0 Å². The van der Waals surface area contributed by atoms with Crippen LogP contribution in [0.3, 0.4) is 0 Å². The molecule has 0 bridgehead atoms. The van der Waals surface area contributed by atoms with Gasteiger partial charge in [0.25, 0.3) is 5.91 Å². The zero-order chi connectivity index (χ0) is 20.7. The van der Waals surface area contributed by atoms with Crippen LogP contribution in [-0.4, -0.2) is 38.0 Å². The van der Waals surface area contributed by atoms with Crippen LogP contribution in [0, 0.1) is 0 Å². The lowest BCUT2D eigenvalue weighted by molar-refractivity contribution is -0.139. The van der Waals surface area contributed by atoms with Gasteiger partial charge in [-0.1, -0.05) is 36.4 Å². The Morgan fingerprint density at radius 3 is 2.50 bits per heavy atom. The Labute approximate surface area is 170 Å². The van der Waals surface area contributed by atoms with Crippen LogP contribution in [-0.2, 0) is 11.2 Å². The number of nitrogens with zero attached hydrogens (tertiary/aromatic N) is 1. The van der Waals surface area contributed by atoms with Crippen molar-refractivity contribution in [2.75, 3.05) is 0 Å². The molecule has 0 spiro atoms. The number of para-hydroxylation sites is 2. The van der Waals surface area contributed by atoms with Gasteiger partial charge < -0.3 is 20.4 Å². The van der Waals surface area contributed by atoms with Gasteiger partial charge in [0.1, 0.15) is 11.7 Å². The summed E-state index contributed by atoms with van der Waals surface area (Å²) in [7, 11) is 0. The maximum atomic E-state index is 12.8. The van der Waals surface area contributed by atoms with E-state index in [-0.39, 0.29) is 12.1 Å². The number of aromatic amines is 2. The Kier molecular flexibility index (Phi) is 4.21. The topological polar surface area (TPSA) is 111 Å². The molecule has 3 heterocycles. The number of carboxylic acids is 1. The summed E-state index contributed by atoms with van der Waals surface area (Å²) in [5.41, 5.74) is 3.71. The van der Waals surface area contributed by atoms with Crippen molar-refractivity contribution in [3.05, 3.63) is 78.2 Å². The summed E-state index contributed by atoms with van der Waals surface area (Å²) in [5, 5.41) is 15.1. The van der Waals surface area contributed by atoms with Crippen LogP contribution in [0.25, 0.3) is 32.7 Å². The Morgan fingerprint density at radius 2 is 1.70 bits per heavy atom. The van der Waals surface area contributed by atoms with Gasteiger partial charge in [0.15, 0.2) is 0 Å². The third kappa shape index (κ3) is 3.06. The van der Waals surface area contributed by atoms with Crippen molar-refractivity contribution in [2.45, 2.75) is 12.5 Å². The molecule has 7 nitrogen and oxygen atoms in total. The molecule has 0 aliphatic carbocycles. The lowest BCUT2D eigenvalue weighted by Gasteiger charge is -2.14. The number of carbonyl (C=O) groups excluding carboxylic acids is 1. The van der Waals surface area contributed by atoms with E-state index >= 15 is 0 Å². The third-order valence-electron chi connectivity index (χ3n) is 5.33. The minimum atomic E-state index is -1.10. The first-order chi connectivity index (χ1) is 14.6. The quantitative estimate of drug-likeness (QED) is 0.362. The molecule has 0 saturated carbocycles. The molecule has 0 aliphatic rings. The summed E-state index contributed by atoms with van der Waals surface area (Å²) in [6, 6.07) is 16.1. The molecule has 5 rings (SSSR count). The van der Waals surface area contributed by atoms with Gasteiger partial charge in [0.2, 0.25) is 0 Å². The molecular weight excluding hydrogens is 380 g/mol. The van der Waals surface area contributed by atoms with Crippen LogP contribution in [0.1, 0.15) is 16.1 Å². The number of benzene rings is 2. The Balaban J connectivity index is 1.43. The predicted octanol–water partition coefficient (Wildman–Crippen LogP) is 3.62. The van der Waals surface area contributed by atoms with E-state index in [0.29, 0.717) is 0 Å². The minimum absolute atomic E-state index is 0.167. The van der Waals surface area contributed by atoms with Gasteiger partial charge in [-0.15, -0.1) is 0 Å². The predicted molar refractivity (Wildman–Crippen MR) is 114 cm³/mol. The number of fused-ring (bicyclic) bond motifs is 4. The maximum absolute atomic E-state index is 12.8. The van der Waals surface area contributed by atoms with Gasteiger partial charge in [-0.2, -0.15) is 0 Å². The monoisotopic (exact) mass is 398 g/mol. The second kappa shape index (κ2) is 7.04. The second-order valence-corrected chi connectivity index (χ2v) is 7.21. The van der Waals surface area contributed by atoms with Crippen LogP contribution in [0.5, 0.6) is 0 Å². The SMILES string of the molecule is O=C(NC(Cc1c[nH]c2ccccc12)C(=O)O)c1cc2c(cn1)[nH]c1ccccc12. The van der Waals surface area contributed by atoms with E-state index in [0.717, 1.165) is 38.3 Å². The molecule has 2 aromatic carbocycles. The van der Waals surface area contributed by atoms with Gasteiger partial charge in [-0.25, -0.2) is 9.78 Å². The van der Waals surface area contributed by atoms with E-state index in [1.54, 1.807) is 18.5 Å². The molecule has 4 N–H and O–H groups in total. The number of amides is 1. The van der Waals surface area contributed by atoms with Crippen LogP contribution in [0.15, 0.2) is 67.0 Å². The fraction of sp³-hybridized carbons (Fsp3) is 0.0870. The number of rotatable bonds is 5. The smallest absolute Gasteiger partial charge is 0.326 e. The molecule has 5 aromatic rings. The summed E-state index contributed by atoms with van der Waals surface area (Å²) in [5.74, 6) is -1.61. The van der Waals surface area contributed by atoms with E-state index in [2.05, 4.69) is 20.3 Å². The number of carbonyl (C=O) groups is 2. The fourth-order valence-corrected chi connectivity index (χ4v) is 3.83. The highest BCUT2D eigenvalue weighted by Gasteiger charge is 2.23. The average molecular weight is 398 g/mol. The van der Waals surface area contributed by atoms with Gasteiger partial charge >= 0.3 is 5.97 Å². The number of hydrogen-bond donors (Lipinski definition) is 4. The molecular formula is C23H18N4O3. The molecule has 30 heavy (non-hydrogen) atoms. The van der Waals surface area contributed by atoms with E-state index < -0.39 is 17.9 Å². The van der Waals surface area contributed by atoms with E-state index in [4.69, 9.17) is 0 Å². The summed E-state index contributed by atoms with van der Waals surface area (Å²) in [6.45, 7) is 0. The molecule has 0 radical (unpaired) electrons. The van der Waals surface area contributed by atoms with Crippen molar-refractivity contribution in [3.63, 3.8) is 0 Å². The highest BCUT2D eigenvalue weighted by molar-refractivity contribution is 6.09. The second-order valence-electron chi connectivity index (χ2n) is 7.21. The summed E-state index contributed by atoms with van der Waals surface area (Å²) < 4.78 is 0. The van der Waals surface area contributed by atoms with Gasteiger partial charge in [0, 0.05) is 39.8 Å². The van der Waals surface area contributed by atoms with Crippen molar-refractivity contribution in [3.8, 4) is 0 Å². The summed E-state index contributed by atoms with van der Waals surface area (Å²) >= 11 is 0. The number of hydrogen-bond acceptors (Lipinski definition) is 3. The first-order valence-electron chi connectivity index (χ1n) is 9.55. The standard InChI is InChI=1S/C23H18N4O3/c28-22(19-10-16-15-6-2-4-8-18(15)26-21(16)12-25-19)27-20(23(29)30)9-13-11-24-17-7-3-1-5-14(13)17/h1-8,10-12,20,24,26H,9H2,(H,27,28)(H,29,30). The van der Waals surface area contributed by atoms with E-state index in [1.807, 2.05) is 48.5 Å². The zero-order valence-electron chi connectivity index (χ0n) is 15.8. The summed E-state index contributed by atoms with van der Waals surface area (Å²) in [6.07, 6.45) is 3.54. The molecule has 0 aliphatic heterocycles. The normalized spacial score (nSPS) is 12.4. The van der Waals surface area contributed by atoms with Gasteiger partial charge in [-0.3, -0.25) is 4.79 Å². The first-order valence-corrected chi connectivity index (χ1v) is 9.55. The highest BCUT2D eigenvalue weighted by atomic mass is 16.4. The van der Waals surface area contributed by atoms with E-state index in [9.17, 15) is 14.7 Å². The number of aromatic nitrogens is 3. The number of H-pyrrole nitrogens is 2. The molecule has 148 valence electrons. The van der Waals surface area contributed by atoms with Gasteiger partial charge in [-0.05, 0) is 23.8 Å². The lowest BCUT2D eigenvalue weighted by Crippen LogP contribution is -2.42. The van der Waals surface area contributed by atoms with Crippen LogP contribution < -0.4 is 5.32 Å². The van der Waals surface area contributed by atoms with E-state index in [1.165, 1.54) is 0 Å². The van der Waals surface area contributed by atoms with Crippen molar-refractivity contribution in [1.82, 2.24) is 20.3 Å². The molecule has 1 unspecified atom stereocenters. The molecule has 0 saturated heterocycles. The highest BCUT2D eigenvalue weighted by Crippen LogP contribution is 2.25. The number of carboxylic acid groups (broad SMARTS) is 1. The largest absolute Gasteiger partial charge is 0.480 e. The third-order valence-corrected chi connectivity index (χ3v) is 5.33. The first kappa shape index (κ1) is 17.9. The van der Waals surface area contributed by atoms with Gasteiger partial charge in [0.05, 0.1) is 11.7 Å². The lowest BCUT2D eigenvalue weighted by atomic mass is 10.0. The van der Waals surface area contributed by atoms with Crippen LogP contribution >= 0.6 is 0 Å². The minimum Gasteiger partial charge on any atom is -0.480 e. The molecule has 3 aromatic heterocycles. The Morgan fingerprint density at radius 1 is 0.967 bits per heavy atom. The Hall–Kier alpha value is -4.13. The summed E-state index contributed by atoms with van der Waals surface area (Å²) in [4.78, 5) is 35.2. The van der Waals surface area contributed by atoms with Crippen LogP contribution in [0.4, 0.5) is 0 Å².